The van der Waals surface area contributed by atoms with Crippen LogP contribution in [-0.4, -0.2) is 44.3 Å². The highest BCUT2D eigenvalue weighted by atomic mass is 16.7. The fraction of sp³-hybridized carbons (Fsp3) is 0.440. The molecule has 3 aliphatic rings. The molecule has 8 heteroatoms. The van der Waals surface area contributed by atoms with E-state index in [0.717, 1.165) is 11.1 Å². The van der Waals surface area contributed by atoms with Gasteiger partial charge in [-0.25, -0.2) is 4.79 Å². The molecule has 0 bridgehead atoms. The van der Waals surface area contributed by atoms with E-state index >= 15 is 0 Å². The van der Waals surface area contributed by atoms with E-state index in [1.807, 2.05) is 43.9 Å². The van der Waals surface area contributed by atoms with Crippen LogP contribution in [0.1, 0.15) is 60.0 Å². The number of cyclic esters (lactones) is 1. The summed E-state index contributed by atoms with van der Waals surface area (Å²) in [6.07, 6.45) is -0.0259. The van der Waals surface area contributed by atoms with Crippen molar-refractivity contribution in [2.24, 2.45) is 5.41 Å². The summed E-state index contributed by atoms with van der Waals surface area (Å²) in [7, 11) is 3.01. The third-order valence-electron chi connectivity index (χ3n) is 6.42. The van der Waals surface area contributed by atoms with E-state index in [-0.39, 0.29) is 12.7 Å². The second kappa shape index (κ2) is 7.57. The van der Waals surface area contributed by atoms with Crippen LogP contribution in [0.2, 0.25) is 0 Å². The Morgan fingerprint density at radius 1 is 1.06 bits per heavy atom. The molecule has 0 N–H and O–H groups in total. The average Bonchev–Trinajstić information content (AvgIpc) is 3.38. The Hall–Kier alpha value is -3.42. The summed E-state index contributed by atoms with van der Waals surface area (Å²) in [5.41, 5.74) is 2.34. The van der Waals surface area contributed by atoms with Gasteiger partial charge in [0.1, 0.15) is 5.56 Å². The quantitative estimate of drug-likeness (QED) is 0.654. The fourth-order valence-electron chi connectivity index (χ4n) is 4.89. The van der Waals surface area contributed by atoms with Crippen molar-refractivity contribution >= 4 is 11.9 Å². The summed E-state index contributed by atoms with van der Waals surface area (Å²) in [5, 5.41) is 0. The monoisotopic (exact) mass is 453 g/mol. The smallest absolute Gasteiger partial charge is 0.343 e. The van der Waals surface area contributed by atoms with Gasteiger partial charge in [0.25, 0.3) is 0 Å². The Bertz CT molecular complexity index is 1150. The van der Waals surface area contributed by atoms with E-state index in [1.165, 1.54) is 14.2 Å². The number of carbonyl (C=O) groups is 2. The maximum absolute atomic E-state index is 13.5. The minimum Gasteiger partial charge on any atom is -0.493 e. The molecule has 0 aliphatic carbocycles. The van der Waals surface area contributed by atoms with Crippen molar-refractivity contribution in [3.8, 4) is 23.0 Å². The Kier molecular flexibility index (Phi) is 4.92. The molecule has 0 unspecified atom stereocenters. The first-order valence-electron chi connectivity index (χ1n) is 10.9. The molecule has 2 atom stereocenters. The molecule has 3 heterocycles. The number of esters is 1. The van der Waals surface area contributed by atoms with Gasteiger partial charge >= 0.3 is 5.97 Å². The number of hydrogen-bond donors (Lipinski definition) is 0. The molecule has 0 saturated heterocycles. The van der Waals surface area contributed by atoms with Gasteiger partial charge in [-0.3, -0.25) is 4.79 Å². The van der Waals surface area contributed by atoms with Crippen molar-refractivity contribution in [1.29, 1.82) is 0 Å². The molecule has 8 nitrogen and oxygen atoms in total. The van der Waals surface area contributed by atoms with Gasteiger partial charge in [0.15, 0.2) is 29.1 Å². The first kappa shape index (κ1) is 21.4. The van der Waals surface area contributed by atoms with Crippen LogP contribution in [0.4, 0.5) is 0 Å². The third kappa shape index (κ3) is 3.27. The minimum atomic E-state index is -0.696. The van der Waals surface area contributed by atoms with E-state index in [9.17, 15) is 9.59 Å². The van der Waals surface area contributed by atoms with Crippen LogP contribution < -0.4 is 18.9 Å². The normalized spacial score (nSPS) is 20.8. The third-order valence-corrected chi connectivity index (χ3v) is 6.42. The summed E-state index contributed by atoms with van der Waals surface area (Å²) < 4.78 is 28.0. The first-order chi connectivity index (χ1) is 15.7. The zero-order valence-electron chi connectivity index (χ0n) is 19.4. The second-order valence-corrected chi connectivity index (χ2v) is 9.44. The fourth-order valence-corrected chi connectivity index (χ4v) is 4.89. The molecule has 5 rings (SSSR count). The van der Waals surface area contributed by atoms with Crippen LogP contribution in [-0.2, 0) is 16.0 Å². The molecule has 0 saturated carbocycles. The molecular formula is C25H27NO7. The molecule has 0 spiro atoms. The maximum Gasteiger partial charge on any atom is 0.343 e. The Morgan fingerprint density at radius 3 is 2.45 bits per heavy atom. The number of nitrogens with zero attached hydrogens (tertiary/aromatic N) is 1. The Labute approximate surface area is 192 Å². The molecule has 33 heavy (non-hydrogen) atoms. The van der Waals surface area contributed by atoms with Crippen molar-refractivity contribution in [3.05, 3.63) is 46.5 Å². The van der Waals surface area contributed by atoms with E-state index in [0.29, 0.717) is 47.1 Å². The summed E-state index contributed by atoms with van der Waals surface area (Å²) in [4.78, 5) is 28.4. The summed E-state index contributed by atoms with van der Waals surface area (Å²) >= 11 is 0. The van der Waals surface area contributed by atoms with Crippen LogP contribution in [0.5, 0.6) is 23.0 Å². The summed E-state index contributed by atoms with van der Waals surface area (Å²) in [6.45, 7) is 6.34. The predicted molar refractivity (Wildman–Crippen MR) is 118 cm³/mol. The standard InChI is InChI=1S/C25H27NO7/c1-25(2,3)24(28)26-9-8-13-10-17-18(32-12-31-17)11-15(13)20(26)21-14-6-7-16(29-4)22(30-5)19(14)23(27)33-21/h6-7,10-11,20-21H,8-9,12H2,1-5H3/t20-,21+/m0/s1. The lowest BCUT2D eigenvalue weighted by atomic mass is 9.83. The topological polar surface area (TPSA) is 83.5 Å². The highest BCUT2D eigenvalue weighted by Crippen LogP contribution is 2.52. The van der Waals surface area contributed by atoms with Crippen molar-refractivity contribution in [1.82, 2.24) is 4.90 Å². The molecule has 0 fully saturated rings. The Balaban J connectivity index is 1.68. The van der Waals surface area contributed by atoms with Crippen LogP contribution in [0.25, 0.3) is 0 Å². The van der Waals surface area contributed by atoms with E-state index < -0.39 is 23.5 Å². The lowest BCUT2D eigenvalue weighted by Gasteiger charge is -2.42. The van der Waals surface area contributed by atoms with Gasteiger partial charge in [-0.15, -0.1) is 0 Å². The highest BCUT2D eigenvalue weighted by Gasteiger charge is 2.47. The number of carbonyl (C=O) groups excluding carboxylic acids is 2. The Morgan fingerprint density at radius 2 is 1.79 bits per heavy atom. The van der Waals surface area contributed by atoms with Gasteiger partial charge in [-0.05, 0) is 35.7 Å². The highest BCUT2D eigenvalue weighted by molar-refractivity contribution is 5.98. The molecule has 2 aromatic rings. The second-order valence-electron chi connectivity index (χ2n) is 9.44. The van der Waals surface area contributed by atoms with E-state index in [2.05, 4.69) is 0 Å². The van der Waals surface area contributed by atoms with Gasteiger partial charge < -0.3 is 28.6 Å². The van der Waals surface area contributed by atoms with Gasteiger partial charge in [-0.1, -0.05) is 26.8 Å². The molecule has 174 valence electrons. The van der Waals surface area contributed by atoms with E-state index in [1.54, 1.807) is 6.07 Å². The largest absolute Gasteiger partial charge is 0.493 e. The number of rotatable bonds is 3. The molecule has 0 aromatic heterocycles. The number of hydrogen-bond acceptors (Lipinski definition) is 7. The van der Waals surface area contributed by atoms with Gasteiger partial charge in [0.05, 0.1) is 20.3 Å². The zero-order valence-corrected chi connectivity index (χ0v) is 19.4. The van der Waals surface area contributed by atoms with Crippen molar-refractivity contribution in [2.45, 2.75) is 39.3 Å². The lowest BCUT2D eigenvalue weighted by molar-refractivity contribution is -0.145. The van der Waals surface area contributed by atoms with E-state index in [4.69, 9.17) is 23.7 Å². The van der Waals surface area contributed by atoms with Gasteiger partial charge in [0, 0.05) is 17.5 Å². The van der Waals surface area contributed by atoms with Gasteiger partial charge in [0.2, 0.25) is 12.7 Å². The van der Waals surface area contributed by atoms with Crippen LogP contribution in [0.15, 0.2) is 24.3 Å². The predicted octanol–water partition coefficient (Wildman–Crippen LogP) is 3.82. The number of amides is 1. The summed E-state index contributed by atoms with van der Waals surface area (Å²) in [6, 6.07) is 6.93. The number of benzene rings is 2. The van der Waals surface area contributed by atoms with Crippen molar-refractivity contribution in [3.63, 3.8) is 0 Å². The van der Waals surface area contributed by atoms with Crippen molar-refractivity contribution in [2.75, 3.05) is 27.6 Å². The van der Waals surface area contributed by atoms with Crippen LogP contribution in [0, 0.1) is 5.41 Å². The van der Waals surface area contributed by atoms with Crippen LogP contribution >= 0.6 is 0 Å². The number of methoxy groups -OCH3 is 2. The average molecular weight is 453 g/mol. The van der Waals surface area contributed by atoms with Crippen LogP contribution in [0.3, 0.4) is 0 Å². The molecule has 0 radical (unpaired) electrons. The lowest BCUT2D eigenvalue weighted by Crippen LogP contribution is -2.47. The first-order valence-corrected chi connectivity index (χ1v) is 10.9. The minimum absolute atomic E-state index is 0.0132. The molecule has 1 amide bonds. The van der Waals surface area contributed by atoms with Gasteiger partial charge in [-0.2, -0.15) is 0 Å². The summed E-state index contributed by atoms with van der Waals surface area (Å²) in [5.74, 6) is 1.59. The van der Waals surface area contributed by atoms with Crippen molar-refractivity contribution < 1.29 is 33.3 Å². The SMILES string of the molecule is COc1ccc2c(c1OC)C(=O)O[C@H]2[C@@H]1c2cc3c(cc2CCN1C(=O)C(C)(C)C)OCO3. The zero-order chi connectivity index (χ0) is 23.5. The molecule has 2 aromatic carbocycles. The maximum atomic E-state index is 13.5. The molecule has 3 aliphatic heterocycles. The number of fused-ring (bicyclic) bond motifs is 3. The molecular weight excluding hydrogens is 426 g/mol. The number of ether oxygens (including phenoxy) is 5.